The number of hydrogen-bond donors (Lipinski definition) is 2. The molecular formula is C10H17N3O3. The number of nitrogens with zero attached hydrogens (tertiary/aromatic N) is 2. The number of carbonyl (C=O) groups is 1. The van der Waals surface area contributed by atoms with Crippen molar-refractivity contribution in [2.75, 3.05) is 0 Å². The van der Waals surface area contributed by atoms with Crippen molar-refractivity contribution in [3.63, 3.8) is 0 Å². The molecule has 1 aromatic heterocycles. The molecule has 6 nitrogen and oxygen atoms in total. The molecule has 0 bridgehead atoms. The summed E-state index contributed by atoms with van der Waals surface area (Å²) in [7, 11) is 0. The number of carboxylic acid groups (broad SMARTS) is 1. The highest BCUT2D eigenvalue weighted by Crippen LogP contribution is 2.14. The maximum atomic E-state index is 11.1. The van der Waals surface area contributed by atoms with Crippen LogP contribution in [-0.4, -0.2) is 26.9 Å². The zero-order valence-electron chi connectivity index (χ0n) is 9.78. The molecule has 1 aromatic rings. The van der Waals surface area contributed by atoms with Gasteiger partial charge in [0.05, 0.1) is 0 Å². The summed E-state index contributed by atoms with van der Waals surface area (Å²) in [5.41, 5.74) is 0.389. The van der Waals surface area contributed by atoms with Gasteiger partial charge in [-0.05, 0) is 20.3 Å². The van der Waals surface area contributed by atoms with E-state index in [2.05, 4.69) is 20.3 Å². The van der Waals surface area contributed by atoms with E-state index in [1.807, 2.05) is 6.92 Å². The first kappa shape index (κ1) is 12.6. The number of hydrogen-bond acceptors (Lipinski definition) is 5. The van der Waals surface area contributed by atoms with Gasteiger partial charge in [-0.15, -0.1) is 0 Å². The second kappa shape index (κ2) is 5.07. The first-order valence-electron chi connectivity index (χ1n) is 5.26. The largest absolute Gasteiger partial charge is 0.480 e. The van der Waals surface area contributed by atoms with E-state index >= 15 is 0 Å². The minimum atomic E-state index is -0.930. The number of rotatable bonds is 6. The molecule has 1 heterocycles. The lowest BCUT2D eigenvalue weighted by atomic mass is 9.96. The van der Waals surface area contributed by atoms with E-state index in [4.69, 9.17) is 5.11 Å². The quantitative estimate of drug-likeness (QED) is 0.756. The summed E-state index contributed by atoms with van der Waals surface area (Å²) in [6.45, 7) is 5.73. The van der Waals surface area contributed by atoms with Crippen molar-refractivity contribution in [1.82, 2.24) is 15.6 Å². The third-order valence-corrected chi connectivity index (χ3v) is 2.61. The Morgan fingerprint density at radius 3 is 2.69 bits per heavy atom. The lowest BCUT2D eigenvalue weighted by Crippen LogP contribution is -2.49. The Morgan fingerprint density at radius 2 is 2.25 bits per heavy atom. The minimum Gasteiger partial charge on any atom is -0.480 e. The Labute approximate surface area is 94.0 Å². The smallest absolute Gasteiger partial charge is 0.323 e. The van der Waals surface area contributed by atoms with Crippen LogP contribution in [-0.2, 0) is 11.3 Å². The molecule has 0 radical (unpaired) electrons. The Balaban J connectivity index is 2.64. The molecule has 6 heteroatoms. The van der Waals surface area contributed by atoms with Gasteiger partial charge in [-0.3, -0.25) is 10.1 Å². The number of aromatic nitrogens is 2. The molecule has 0 aromatic carbocycles. The highest BCUT2D eigenvalue weighted by Gasteiger charge is 2.31. The average molecular weight is 227 g/mol. The first-order chi connectivity index (χ1) is 7.49. The molecule has 0 saturated carbocycles. The summed E-state index contributed by atoms with van der Waals surface area (Å²) >= 11 is 0. The highest BCUT2D eigenvalue weighted by atomic mass is 16.6. The van der Waals surface area contributed by atoms with Crippen molar-refractivity contribution in [2.24, 2.45) is 0 Å². The second-order valence-electron chi connectivity index (χ2n) is 4.04. The Bertz CT molecular complexity index is 364. The molecule has 0 aliphatic rings. The third kappa shape index (κ3) is 2.79. The van der Waals surface area contributed by atoms with E-state index in [1.54, 1.807) is 13.8 Å². The fraction of sp³-hybridized carbons (Fsp3) is 0.700. The monoisotopic (exact) mass is 227 g/mol. The van der Waals surface area contributed by atoms with E-state index in [-0.39, 0.29) is 0 Å². The number of nitrogens with one attached hydrogen (secondary N) is 1. The van der Waals surface area contributed by atoms with E-state index < -0.39 is 11.5 Å². The van der Waals surface area contributed by atoms with Crippen LogP contribution >= 0.6 is 0 Å². The maximum absolute atomic E-state index is 11.1. The van der Waals surface area contributed by atoms with Crippen molar-refractivity contribution in [3.05, 3.63) is 11.4 Å². The first-order valence-corrected chi connectivity index (χ1v) is 5.26. The summed E-state index contributed by atoms with van der Waals surface area (Å²) in [6.07, 6.45) is 1.36. The molecule has 2 N–H and O–H groups in total. The van der Waals surface area contributed by atoms with E-state index in [0.29, 0.717) is 24.4 Å². The van der Waals surface area contributed by atoms with Crippen molar-refractivity contribution in [2.45, 2.75) is 45.7 Å². The topological polar surface area (TPSA) is 88.3 Å². The molecule has 0 aliphatic heterocycles. The maximum Gasteiger partial charge on any atom is 0.323 e. The van der Waals surface area contributed by atoms with Crippen LogP contribution in [0.25, 0.3) is 0 Å². The van der Waals surface area contributed by atoms with E-state index in [0.717, 1.165) is 6.42 Å². The minimum absolute atomic E-state index is 0.345. The molecule has 1 atom stereocenters. The van der Waals surface area contributed by atoms with Gasteiger partial charge in [-0.1, -0.05) is 23.7 Å². The van der Waals surface area contributed by atoms with Gasteiger partial charge < -0.3 is 5.11 Å². The molecule has 0 fully saturated rings. The van der Waals surface area contributed by atoms with E-state index in [9.17, 15) is 4.79 Å². The predicted molar refractivity (Wildman–Crippen MR) is 56.8 cm³/mol. The van der Waals surface area contributed by atoms with Crippen LogP contribution in [0.4, 0.5) is 0 Å². The predicted octanol–water partition coefficient (Wildman–Crippen LogP) is 1.11. The van der Waals surface area contributed by atoms with Crippen LogP contribution in [0.3, 0.4) is 0 Å². The fourth-order valence-corrected chi connectivity index (χ4v) is 1.46. The van der Waals surface area contributed by atoms with Gasteiger partial charge in [0.2, 0.25) is 0 Å². The lowest BCUT2D eigenvalue weighted by molar-refractivity contribution is -0.144. The molecule has 1 rings (SSSR count). The number of aryl methyl sites for hydroxylation is 1. The summed E-state index contributed by atoms with van der Waals surface area (Å²) in [5, 5.41) is 19.4. The summed E-state index contributed by atoms with van der Waals surface area (Å²) in [5.74, 6) is -0.858. The number of carboxylic acids is 1. The standard InChI is InChI=1S/C10H17N3O3/c1-4-5-10(3,9(14)15)11-6-8-7(2)12-16-13-8/h11H,4-6H2,1-3H3,(H,14,15). The number of aliphatic carboxylic acids is 1. The molecule has 1 unspecified atom stereocenters. The Kier molecular flexibility index (Phi) is 4.00. The zero-order valence-corrected chi connectivity index (χ0v) is 9.78. The normalized spacial score (nSPS) is 14.7. The van der Waals surface area contributed by atoms with Crippen molar-refractivity contribution < 1.29 is 14.5 Å². The van der Waals surface area contributed by atoms with Gasteiger partial charge in [0.25, 0.3) is 0 Å². The van der Waals surface area contributed by atoms with Crippen LogP contribution in [0, 0.1) is 6.92 Å². The van der Waals surface area contributed by atoms with Crippen molar-refractivity contribution >= 4 is 5.97 Å². The van der Waals surface area contributed by atoms with Crippen LogP contribution < -0.4 is 5.32 Å². The van der Waals surface area contributed by atoms with Crippen LogP contribution in [0.5, 0.6) is 0 Å². The fourth-order valence-electron chi connectivity index (χ4n) is 1.46. The van der Waals surface area contributed by atoms with E-state index in [1.165, 1.54) is 0 Å². The molecule has 0 aliphatic carbocycles. The van der Waals surface area contributed by atoms with Crippen molar-refractivity contribution in [1.29, 1.82) is 0 Å². The average Bonchev–Trinajstić information content (AvgIpc) is 2.61. The summed E-state index contributed by atoms with van der Waals surface area (Å²) in [4.78, 5) is 11.1. The second-order valence-corrected chi connectivity index (χ2v) is 4.04. The summed E-state index contributed by atoms with van der Waals surface area (Å²) < 4.78 is 4.54. The van der Waals surface area contributed by atoms with Gasteiger partial charge >= 0.3 is 5.97 Å². The summed E-state index contributed by atoms with van der Waals surface area (Å²) in [6, 6.07) is 0. The van der Waals surface area contributed by atoms with Gasteiger partial charge in [-0.2, -0.15) is 0 Å². The highest BCUT2D eigenvalue weighted by molar-refractivity contribution is 5.78. The SMILES string of the molecule is CCCC(C)(NCc1nonc1C)C(=O)O. The van der Waals surface area contributed by atoms with Gasteiger partial charge in [0.15, 0.2) is 0 Å². The van der Waals surface area contributed by atoms with Gasteiger partial charge in [0.1, 0.15) is 16.9 Å². The molecule has 0 spiro atoms. The van der Waals surface area contributed by atoms with Crippen LogP contribution in [0.15, 0.2) is 4.63 Å². The zero-order chi connectivity index (χ0) is 12.2. The molecule has 90 valence electrons. The molecule has 0 amide bonds. The lowest BCUT2D eigenvalue weighted by Gasteiger charge is -2.25. The Hall–Kier alpha value is -1.43. The Morgan fingerprint density at radius 1 is 1.56 bits per heavy atom. The van der Waals surface area contributed by atoms with Crippen molar-refractivity contribution in [3.8, 4) is 0 Å². The van der Waals surface area contributed by atoms with Gasteiger partial charge in [-0.25, -0.2) is 4.63 Å². The molecular weight excluding hydrogens is 210 g/mol. The van der Waals surface area contributed by atoms with Crippen LogP contribution in [0.2, 0.25) is 0 Å². The molecule has 16 heavy (non-hydrogen) atoms. The third-order valence-electron chi connectivity index (χ3n) is 2.61. The molecule has 0 saturated heterocycles. The van der Waals surface area contributed by atoms with Crippen LogP contribution in [0.1, 0.15) is 38.1 Å². The van der Waals surface area contributed by atoms with Gasteiger partial charge in [0, 0.05) is 6.54 Å².